The van der Waals surface area contributed by atoms with E-state index in [2.05, 4.69) is 46.2 Å². The molecular formula is C27H31F3N2O4. The fourth-order valence-corrected chi connectivity index (χ4v) is 5.97. The number of aliphatic carboxylic acids is 1. The highest BCUT2D eigenvalue weighted by molar-refractivity contribution is 5.86. The number of carbonyl (C=O) groups is 2. The van der Waals surface area contributed by atoms with Crippen molar-refractivity contribution in [2.24, 2.45) is 5.41 Å². The Hall–Kier alpha value is -3.07. The van der Waals surface area contributed by atoms with E-state index in [9.17, 15) is 18.0 Å². The zero-order chi connectivity index (χ0) is 25.9. The van der Waals surface area contributed by atoms with E-state index in [1.54, 1.807) is 7.11 Å². The fraction of sp³-hybridized carbons (Fsp3) is 0.481. The SMILES string of the molecule is COc1ccc(CN2C3CCC2C2(CCN(CCc4ccccc4)C2=O)C3)cc1.O=C(O)C(F)(F)F. The summed E-state index contributed by atoms with van der Waals surface area (Å²) >= 11 is 0. The molecule has 0 aliphatic carbocycles. The second-order valence-corrected chi connectivity index (χ2v) is 9.71. The number of amides is 1. The van der Waals surface area contributed by atoms with Gasteiger partial charge in [-0.15, -0.1) is 0 Å². The standard InChI is InChI=1S/C25H30N2O2.C2HF3O2/c1-29-22-10-7-20(8-11-22)18-27-21-9-12-23(27)25(17-21)14-16-26(24(25)28)15-13-19-5-3-2-4-6-19;3-2(4,5)1(6)7/h2-8,10-11,21,23H,9,12-18H2,1H3;(H,6,7). The van der Waals surface area contributed by atoms with Crippen molar-refractivity contribution >= 4 is 11.9 Å². The van der Waals surface area contributed by atoms with Crippen LogP contribution in [0.3, 0.4) is 0 Å². The molecule has 0 radical (unpaired) electrons. The maximum atomic E-state index is 13.5. The first-order valence-corrected chi connectivity index (χ1v) is 12.2. The van der Waals surface area contributed by atoms with Crippen LogP contribution in [-0.2, 0) is 22.6 Å². The molecule has 2 aromatic carbocycles. The van der Waals surface area contributed by atoms with Gasteiger partial charge < -0.3 is 14.7 Å². The first kappa shape index (κ1) is 26.0. The van der Waals surface area contributed by atoms with Crippen LogP contribution in [0.2, 0.25) is 0 Å². The van der Waals surface area contributed by atoms with Crippen molar-refractivity contribution in [1.82, 2.24) is 9.80 Å². The molecule has 3 heterocycles. The maximum absolute atomic E-state index is 13.5. The van der Waals surface area contributed by atoms with Crippen LogP contribution in [0.4, 0.5) is 13.2 Å². The number of fused-ring (bicyclic) bond motifs is 3. The first-order valence-electron chi connectivity index (χ1n) is 12.2. The average molecular weight is 505 g/mol. The number of carbonyl (C=O) groups excluding carboxylic acids is 1. The number of rotatable bonds is 6. The average Bonchev–Trinajstić information content (AvgIpc) is 3.49. The molecule has 3 fully saturated rings. The largest absolute Gasteiger partial charge is 0.497 e. The summed E-state index contributed by atoms with van der Waals surface area (Å²) < 4.78 is 37.0. The van der Waals surface area contributed by atoms with Gasteiger partial charge in [-0.25, -0.2) is 4.79 Å². The van der Waals surface area contributed by atoms with Gasteiger partial charge in [-0.1, -0.05) is 42.5 Å². The van der Waals surface area contributed by atoms with Crippen LogP contribution in [0.25, 0.3) is 0 Å². The van der Waals surface area contributed by atoms with Crippen molar-refractivity contribution in [3.8, 4) is 5.75 Å². The summed E-state index contributed by atoms with van der Waals surface area (Å²) in [5, 5.41) is 7.12. The molecule has 3 aliphatic rings. The highest BCUT2D eigenvalue weighted by Crippen LogP contribution is 2.55. The van der Waals surface area contributed by atoms with Gasteiger partial charge in [0.25, 0.3) is 0 Å². The van der Waals surface area contributed by atoms with Gasteiger partial charge >= 0.3 is 12.1 Å². The Morgan fingerprint density at radius 2 is 1.75 bits per heavy atom. The Kier molecular flexibility index (Phi) is 7.59. The Labute approximate surface area is 208 Å². The molecule has 1 N–H and O–H groups in total. The van der Waals surface area contributed by atoms with Crippen LogP contribution in [-0.4, -0.2) is 65.2 Å². The van der Waals surface area contributed by atoms with Crippen molar-refractivity contribution < 1.29 is 32.6 Å². The Morgan fingerprint density at radius 1 is 1.08 bits per heavy atom. The minimum absolute atomic E-state index is 0.133. The molecule has 2 aromatic rings. The smallest absolute Gasteiger partial charge is 0.490 e. The number of benzene rings is 2. The molecule has 1 amide bonds. The lowest BCUT2D eigenvalue weighted by atomic mass is 9.72. The molecule has 3 unspecified atom stereocenters. The molecule has 3 atom stereocenters. The molecule has 5 rings (SSSR count). The summed E-state index contributed by atoms with van der Waals surface area (Å²) in [6.45, 7) is 2.71. The van der Waals surface area contributed by atoms with E-state index < -0.39 is 12.1 Å². The minimum atomic E-state index is -5.08. The Morgan fingerprint density at radius 3 is 2.36 bits per heavy atom. The van der Waals surface area contributed by atoms with Gasteiger partial charge in [-0.3, -0.25) is 9.69 Å². The summed E-state index contributed by atoms with van der Waals surface area (Å²) in [5.41, 5.74) is 2.49. The van der Waals surface area contributed by atoms with Crippen molar-refractivity contribution in [3.05, 3.63) is 65.7 Å². The van der Waals surface area contributed by atoms with E-state index in [4.69, 9.17) is 14.6 Å². The zero-order valence-electron chi connectivity index (χ0n) is 20.2. The molecular weight excluding hydrogens is 473 g/mol. The molecule has 2 bridgehead atoms. The topological polar surface area (TPSA) is 70.1 Å². The zero-order valence-corrected chi connectivity index (χ0v) is 20.2. The Balaban J connectivity index is 0.000000384. The number of alkyl halides is 3. The van der Waals surface area contributed by atoms with Crippen LogP contribution in [0.15, 0.2) is 54.6 Å². The number of hydrogen-bond acceptors (Lipinski definition) is 4. The number of carboxylic acid groups (broad SMARTS) is 1. The van der Waals surface area contributed by atoms with Crippen molar-refractivity contribution in [1.29, 1.82) is 0 Å². The summed E-state index contributed by atoms with van der Waals surface area (Å²) in [6.07, 6.45) is 0.348. The number of methoxy groups -OCH3 is 1. The lowest BCUT2D eigenvalue weighted by molar-refractivity contribution is -0.192. The number of nitrogens with zero attached hydrogens (tertiary/aromatic N) is 2. The molecule has 0 aromatic heterocycles. The predicted molar refractivity (Wildman–Crippen MR) is 127 cm³/mol. The fourth-order valence-electron chi connectivity index (χ4n) is 5.97. The van der Waals surface area contributed by atoms with Crippen molar-refractivity contribution in [3.63, 3.8) is 0 Å². The molecule has 36 heavy (non-hydrogen) atoms. The Bertz CT molecular complexity index is 1060. The quantitative estimate of drug-likeness (QED) is 0.626. The second kappa shape index (κ2) is 10.5. The molecule has 3 saturated heterocycles. The van der Waals surface area contributed by atoms with E-state index in [1.807, 2.05) is 18.2 Å². The van der Waals surface area contributed by atoms with E-state index in [0.717, 1.165) is 44.6 Å². The van der Waals surface area contributed by atoms with Crippen LogP contribution in [0.5, 0.6) is 5.75 Å². The van der Waals surface area contributed by atoms with E-state index in [-0.39, 0.29) is 5.41 Å². The number of ether oxygens (including phenoxy) is 1. The first-order chi connectivity index (χ1) is 17.1. The van der Waals surface area contributed by atoms with Crippen molar-refractivity contribution in [2.75, 3.05) is 20.2 Å². The van der Waals surface area contributed by atoms with Gasteiger partial charge in [0.1, 0.15) is 5.75 Å². The number of carboxylic acids is 1. The van der Waals surface area contributed by atoms with Crippen LogP contribution in [0, 0.1) is 5.41 Å². The van der Waals surface area contributed by atoms with E-state index in [0.29, 0.717) is 18.0 Å². The monoisotopic (exact) mass is 504 g/mol. The lowest BCUT2D eigenvalue weighted by Gasteiger charge is -2.32. The van der Waals surface area contributed by atoms with E-state index >= 15 is 0 Å². The number of likely N-dealkylation sites (tertiary alicyclic amines) is 1. The third kappa shape index (κ3) is 5.36. The molecule has 3 aliphatic heterocycles. The van der Waals surface area contributed by atoms with Gasteiger partial charge in [0.2, 0.25) is 5.91 Å². The molecule has 0 saturated carbocycles. The normalized spacial score (nSPS) is 25.2. The van der Waals surface area contributed by atoms with E-state index in [1.165, 1.54) is 24.0 Å². The van der Waals surface area contributed by atoms with Gasteiger partial charge in [-0.2, -0.15) is 13.2 Å². The van der Waals surface area contributed by atoms with Gasteiger partial charge in [0, 0.05) is 31.7 Å². The number of halogens is 3. The van der Waals surface area contributed by atoms with Crippen LogP contribution >= 0.6 is 0 Å². The molecule has 194 valence electrons. The molecule has 6 nitrogen and oxygen atoms in total. The van der Waals surface area contributed by atoms with Gasteiger partial charge in [-0.05, 0) is 55.4 Å². The van der Waals surface area contributed by atoms with Crippen LogP contribution in [0.1, 0.15) is 36.8 Å². The predicted octanol–water partition coefficient (Wildman–Crippen LogP) is 4.53. The summed E-state index contributed by atoms with van der Waals surface area (Å²) in [7, 11) is 1.70. The summed E-state index contributed by atoms with van der Waals surface area (Å²) in [5.74, 6) is -1.44. The summed E-state index contributed by atoms with van der Waals surface area (Å²) in [4.78, 5) is 27.2. The molecule has 1 spiro atoms. The third-order valence-electron chi connectivity index (χ3n) is 7.70. The highest BCUT2D eigenvalue weighted by Gasteiger charge is 2.62. The maximum Gasteiger partial charge on any atom is 0.490 e. The lowest BCUT2D eigenvalue weighted by Crippen LogP contribution is -2.44. The van der Waals surface area contributed by atoms with Crippen LogP contribution < -0.4 is 4.74 Å². The minimum Gasteiger partial charge on any atom is -0.497 e. The highest BCUT2D eigenvalue weighted by atomic mass is 19.4. The molecule has 9 heteroatoms. The number of hydrogen-bond donors (Lipinski definition) is 1. The summed E-state index contributed by atoms with van der Waals surface area (Å²) in [6, 6.07) is 19.9. The second-order valence-electron chi connectivity index (χ2n) is 9.71. The van der Waals surface area contributed by atoms with Gasteiger partial charge in [0.05, 0.1) is 12.5 Å². The van der Waals surface area contributed by atoms with Gasteiger partial charge in [0.15, 0.2) is 0 Å². The van der Waals surface area contributed by atoms with Crippen molar-refractivity contribution in [2.45, 2.75) is 56.9 Å². The third-order valence-corrected chi connectivity index (χ3v) is 7.70.